The molecule has 0 N–H and O–H groups in total. The van der Waals surface area contributed by atoms with Gasteiger partial charge in [-0.1, -0.05) is 49.4 Å². The Kier molecular flexibility index (Phi) is 6.36. The first kappa shape index (κ1) is 23.0. The van der Waals surface area contributed by atoms with Crippen LogP contribution in [0.4, 0.5) is 5.69 Å². The average Bonchev–Trinajstić information content (AvgIpc) is 3.12. The van der Waals surface area contributed by atoms with Crippen molar-refractivity contribution >= 4 is 29.2 Å². The molecule has 2 aromatic carbocycles. The van der Waals surface area contributed by atoms with Crippen molar-refractivity contribution in [2.75, 3.05) is 0 Å². The van der Waals surface area contributed by atoms with E-state index >= 15 is 0 Å². The summed E-state index contributed by atoms with van der Waals surface area (Å²) in [6.45, 7) is 1.70. The van der Waals surface area contributed by atoms with E-state index in [1.54, 1.807) is 37.3 Å². The Morgan fingerprint density at radius 1 is 0.971 bits per heavy atom. The molecule has 1 aliphatic heterocycles. The summed E-state index contributed by atoms with van der Waals surface area (Å²) < 4.78 is 0. The van der Waals surface area contributed by atoms with Crippen molar-refractivity contribution < 1.29 is 24.1 Å². The van der Waals surface area contributed by atoms with Crippen LogP contribution in [-0.4, -0.2) is 44.5 Å². The smallest absolute Gasteiger partial charge is 0.273 e. The number of non-ortho nitro benzene ring substituents is 1. The monoisotopic (exact) mass is 461 g/mol. The second kappa shape index (κ2) is 9.38. The topological polar surface area (TPSA) is 118 Å². The Morgan fingerprint density at radius 3 is 2.03 bits per heavy atom. The Morgan fingerprint density at radius 2 is 1.53 bits per heavy atom. The van der Waals surface area contributed by atoms with E-state index in [4.69, 9.17) is 0 Å². The fourth-order valence-corrected chi connectivity index (χ4v) is 4.49. The van der Waals surface area contributed by atoms with Gasteiger partial charge in [-0.25, -0.2) is 5.01 Å². The molecule has 2 aromatic rings. The van der Waals surface area contributed by atoms with Crippen molar-refractivity contribution in [2.24, 2.45) is 11.8 Å². The van der Waals surface area contributed by atoms with Gasteiger partial charge < -0.3 is 0 Å². The molecule has 0 bridgehead atoms. The van der Waals surface area contributed by atoms with Crippen LogP contribution in [0.5, 0.6) is 0 Å². The van der Waals surface area contributed by atoms with Gasteiger partial charge in [-0.3, -0.25) is 29.3 Å². The molecule has 1 heterocycles. The summed E-state index contributed by atoms with van der Waals surface area (Å²) in [5.41, 5.74) is 0.161. The van der Waals surface area contributed by atoms with Crippen LogP contribution < -0.4 is 0 Å². The van der Waals surface area contributed by atoms with E-state index < -0.39 is 46.3 Å². The van der Waals surface area contributed by atoms with E-state index in [0.29, 0.717) is 18.4 Å². The molecular formula is C25H23N3O6. The van der Waals surface area contributed by atoms with Gasteiger partial charge >= 0.3 is 0 Å². The Labute approximate surface area is 195 Å². The number of Topliss-reactive ketones (excluding diaryl/α,β-unsaturated/α-hetero) is 1. The highest BCUT2D eigenvalue weighted by Gasteiger charge is 2.52. The molecule has 174 valence electrons. The fourth-order valence-electron chi connectivity index (χ4n) is 4.49. The van der Waals surface area contributed by atoms with Crippen molar-refractivity contribution in [1.29, 1.82) is 0 Å². The molecule has 1 fully saturated rings. The van der Waals surface area contributed by atoms with Crippen LogP contribution in [0.25, 0.3) is 0 Å². The predicted octanol–water partition coefficient (Wildman–Crippen LogP) is 3.56. The van der Waals surface area contributed by atoms with Gasteiger partial charge in [-0.15, -0.1) is 0 Å². The summed E-state index contributed by atoms with van der Waals surface area (Å²) in [7, 11) is 0. The van der Waals surface area contributed by atoms with Crippen LogP contribution in [0.2, 0.25) is 0 Å². The summed E-state index contributed by atoms with van der Waals surface area (Å²) in [6, 6.07) is 12.1. The maximum atomic E-state index is 13.7. The highest BCUT2D eigenvalue weighted by atomic mass is 16.6. The minimum Gasteiger partial charge on any atom is -0.292 e. The summed E-state index contributed by atoms with van der Waals surface area (Å²) in [5.74, 6) is -3.38. The lowest BCUT2D eigenvalue weighted by atomic mass is 9.85. The van der Waals surface area contributed by atoms with Crippen LogP contribution >= 0.6 is 0 Å². The zero-order valence-corrected chi connectivity index (χ0v) is 18.5. The van der Waals surface area contributed by atoms with Crippen LogP contribution in [0.3, 0.4) is 0 Å². The fraction of sp³-hybridized carbons (Fsp3) is 0.280. The van der Waals surface area contributed by atoms with Gasteiger partial charge in [-0.2, -0.15) is 5.01 Å². The molecule has 2 aliphatic rings. The number of allylic oxidation sites excluding steroid dienone is 2. The maximum Gasteiger partial charge on any atom is 0.273 e. The van der Waals surface area contributed by atoms with Gasteiger partial charge in [0.05, 0.1) is 16.8 Å². The number of hydrogen-bond donors (Lipinski definition) is 0. The molecule has 4 rings (SSSR count). The van der Waals surface area contributed by atoms with Crippen molar-refractivity contribution in [3.8, 4) is 0 Å². The van der Waals surface area contributed by atoms with E-state index in [0.717, 1.165) is 10.0 Å². The van der Waals surface area contributed by atoms with Gasteiger partial charge in [0, 0.05) is 23.3 Å². The number of ketones is 1. The number of amides is 3. The third-order valence-corrected chi connectivity index (χ3v) is 6.28. The van der Waals surface area contributed by atoms with E-state index in [9.17, 15) is 29.3 Å². The predicted molar refractivity (Wildman–Crippen MR) is 121 cm³/mol. The van der Waals surface area contributed by atoms with Gasteiger partial charge in [0.2, 0.25) is 0 Å². The molecule has 34 heavy (non-hydrogen) atoms. The SMILES string of the molecule is CC[C@@H](C(=O)c1ccccc1)N(C(=O)c1ccc([N+](=O)[O-])cc1)N1C(=O)[C@H]2CC=CC[C@H]2C1=O. The molecule has 0 spiro atoms. The van der Waals surface area contributed by atoms with E-state index in [1.807, 2.05) is 12.2 Å². The van der Waals surface area contributed by atoms with Gasteiger partial charge in [0.1, 0.15) is 6.04 Å². The van der Waals surface area contributed by atoms with Gasteiger partial charge in [0.15, 0.2) is 5.78 Å². The van der Waals surface area contributed by atoms with Crippen molar-refractivity contribution in [1.82, 2.24) is 10.0 Å². The van der Waals surface area contributed by atoms with Crippen molar-refractivity contribution in [3.63, 3.8) is 0 Å². The maximum absolute atomic E-state index is 13.7. The molecule has 1 saturated heterocycles. The van der Waals surface area contributed by atoms with Gasteiger partial charge in [-0.05, 0) is 31.4 Å². The second-order valence-electron chi connectivity index (χ2n) is 8.25. The molecule has 0 aromatic heterocycles. The minimum absolute atomic E-state index is 0.0264. The first-order valence-electron chi connectivity index (χ1n) is 11.0. The first-order chi connectivity index (χ1) is 16.3. The molecule has 9 heteroatoms. The standard InChI is InChI=1S/C25H23N3O6/c1-2-21(22(29)16-8-4-3-5-9-16)26(23(30)17-12-14-18(15-13-17)28(33)34)27-24(31)19-10-6-7-11-20(19)25(27)32/h3-9,12-15,19-21H,2,10-11H2,1H3/t19-,20+,21-/m0/s1. The second-order valence-corrected chi connectivity index (χ2v) is 8.25. The van der Waals surface area contributed by atoms with E-state index in [-0.39, 0.29) is 17.7 Å². The number of nitro groups is 1. The molecule has 0 saturated carbocycles. The third-order valence-electron chi connectivity index (χ3n) is 6.28. The minimum atomic E-state index is -1.12. The van der Waals surface area contributed by atoms with E-state index in [2.05, 4.69) is 0 Å². The number of nitrogens with zero attached hydrogens (tertiary/aromatic N) is 3. The van der Waals surface area contributed by atoms with Crippen LogP contribution in [0.1, 0.15) is 46.9 Å². The van der Waals surface area contributed by atoms with Crippen LogP contribution in [0.15, 0.2) is 66.7 Å². The summed E-state index contributed by atoms with van der Waals surface area (Å²) in [6.07, 6.45) is 4.59. The van der Waals surface area contributed by atoms with Crippen molar-refractivity contribution in [3.05, 3.63) is 88.0 Å². The number of benzene rings is 2. The zero-order chi connectivity index (χ0) is 24.4. The number of hydrogen-bond acceptors (Lipinski definition) is 6. The highest BCUT2D eigenvalue weighted by molar-refractivity contribution is 6.10. The number of carbonyl (C=O) groups is 4. The molecular weight excluding hydrogens is 438 g/mol. The molecule has 3 amide bonds. The molecule has 3 atom stereocenters. The highest BCUT2D eigenvalue weighted by Crippen LogP contribution is 2.37. The molecule has 1 aliphatic carbocycles. The lowest BCUT2D eigenvalue weighted by Crippen LogP contribution is -2.57. The van der Waals surface area contributed by atoms with Crippen molar-refractivity contribution in [2.45, 2.75) is 32.2 Å². The lowest BCUT2D eigenvalue weighted by molar-refractivity contribution is -0.384. The molecule has 0 unspecified atom stereocenters. The summed E-state index contributed by atoms with van der Waals surface area (Å²) in [4.78, 5) is 64.2. The normalized spacial score (nSPS) is 20.1. The van der Waals surface area contributed by atoms with Crippen LogP contribution in [0, 0.1) is 22.0 Å². The largest absolute Gasteiger partial charge is 0.292 e. The summed E-state index contributed by atoms with van der Waals surface area (Å²) in [5, 5.41) is 12.8. The number of imide groups is 1. The zero-order valence-electron chi connectivity index (χ0n) is 18.5. The summed E-state index contributed by atoms with van der Waals surface area (Å²) >= 11 is 0. The van der Waals surface area contributed by atoms with Crippen LogP contribution in [-0.2, 0) is 9.59 Å². The molecule has 9 nitrogen and oxygen atoms in total. The molecule has 0 radical (unpaired) electrons. The number of hydrazine groups is 1. The quantitative estimate of drug-likeness (QED) is 0.205. The van der Waals surface area contributed by atoms with Gasteiger partial charge in [0.25, 0.3) is 23.4 Å². The number of carbonyl (C=O) groups excluding carboxylic acids is 4. The number of nitro benzene ring substituents is 1. The Hall–Kier alpha value is -4.14. The average molecular weight is 461 g/mol. The number of fused-ring (bicyclic) bond motifs is 1. The lowest BCUT2D eigenvalue weighted by Gasteiger charge is -2.36. The number of rotatable bonds is 7. The van der Waals surface area contributed by atoms with E-state index in [1.165, 1.54) is 24.3 Å². The Balaban J connectivity index is 1.78. The third kappa shape index (κ3) is 4.00. The Bertz CT molecular complexity index is 1150. The first-order valence-corrected chi connectivity index (χ1v) is 11.0.